The van der Waals surface area contributed by atoms with E-state index >= 15 is 0 Å². The van der Waals surface area contributed by atoms with Crippen LogP contribution in [0.3, 0.4) is 0 Å². The van der Waals surface area contributed by atoms with Gasteiger partial charge in [-0.2, -0.15) is 0 Å². The molecule has 2 nitrogen and oxygen atoms in total. The van der Waals surface area contributed by atoms with E-state index < -0.39 is 0 Å². The monoisotopic (exact) mass is 284 g/mol. The molecule has 0 radical (unpaired) electrons. The molecular formula is C9H21IN2. The first-order valence-corrected chi connectivity index (χ1v) is 4.47. The summed E-state index contributed by atoms with van der Waals surface area (Å²) in [6.45, 7) is 9.11. The van der Waals surface area contributed by atoms with Crippen LogP contribution in [0.4, 0.5) is 0 Å². The molecular weight excluding hydrogens is 263 g/mol. The van der Waals surface area contributed by atoms with Crippen LogP contribution >= 0.6 is 0 Å². The molecule has 0 aromatic rings. The summed E-state index contributed by atoms with van der Waals surface area (Å²) >= 11 is 0. The third-order valence-corrected chi connectivity index (χ3v) is 3.04. The molecule has 1 aliphatic rings. The average Bonchev–Trinajstić information content (AvgIpc) is 1.82. The van der Waals surface area contributed by atoms with Crippen LogP contribution < -0.4 is 29.8 Å². The molecule has 0 spiro atoms. The van der Waals surface area contributed by atoms with Crippen LogP contribution in [0.25, 0.3) is 0 Å². The third kappa shape index (κ3) is 2.33. The van der Waals surface area contributed by atoms with Crippen molar-refractivity contribution in [1.29, 1.82) is 0 Å². The Morgan fingerprint density at radius 1 is 1.00 bits per heavy atom. The summed E-state index contributed by atoms with van der Waals surface area (Å²) in [6.07, 6.45) is 3.89. The number of hydrogen-bond acceptors (Lipinski definition) is 1. The molecule has 0 bridgehead atoms. The van der Waals surface area contributed by atoms with E-state index in [9.17, 15) is 0 Å². The first kappa shape index (κ1) is 12.7. The van der Waals surface area contributed by atoms with Crippen molar-refractivity contribution in [3.63, 3.8) is 0 Å². The second-order valence-corrected chi connectivity index (χ2v) is 4.91. The zero-order chi connectivity index (χ0) is 8.70. The summed E-state index contributed by atoms with van der Waals surface area (Å²) in [5, 5.41) is 2.27. The summed E-state index contributed by atoms with van der Waals surface area (Å²) in [7, 11) is 0. The Kier molecular flexibility index (Phi) is 4.00. The highest BCUT2D eigenvalue weighted by Gasteiger charge is 2.42. The molecule has 74 valence electrons. The standard InChI is InChI=1S/C9H20N2.HI/c1-8(2)6-5-7-9(3,4)11(8)10;/h5-7,10H2,1-4H3;1H. The second kappa shape index (κ2) is 3.80. The Hall–Kier alpha value is 0.650. The van der Waals surface area contributed by atoms with E-state index in [0.717, 1.165) is 0 Å². The molecule has 1 aliphatic heterocycles. The lowest BCUT2D eigenvalue weighted by Gasteiger charge is -2.46. The molecule has 0 aromatic carbocycles. The average molecular weight is 284 g/mol. The van der Waals surface area contributed by atoms with Gasteiger partial charge in [-0.05, 0) is 47.0 Å². The fourth-order valence-electron chi connectivity index (χ4n) is 2.04. The summed E-state index contributed by atoms with van der Waals surface area (Å²) in [6, 6.07) is 0. The largest absolute Gasteiger partial charge is 1.00 e. The molecule has 3 heteroatoms. The van der Waals surface area contributed by atoms with Crippen LogP contribution in [0.1, 0.15) is 47.0 Å². The van der Waals surface area contributed by atoms with Crippen LogP contribution in [0.15, 0.2) is 0 Å². The van der Waals surface area contributed by atoms with Crippen LogP contribution in [-0.4, -0.2) is 16.1 Å². The molecule has 0 unspecified atom stereocenters. The predicted molar refractivity (Wildman–Crippen MR) is 46.7 cm³/mol. The van der Waals surface area contributed by atoms with Gasteiger partial charge in [0.15, 0.2) is 0 Å². The van der Waals surface area contributed by atoms with Crippen molar-refractivity contribution in [1.82, 2.24) is 5.01 Å². The van der Waals surface area contributed by atoms with Gasteiger partial charge in [-0.25, -0.2) is 0 Å². The van der Waals surface area contributed by atoms with Gasteiger partial charge in [0.2, 0.25) is 0 Å². The molecule has 1 saturated heterocycles. The van der Waals surface area contributed by atoms with Gasteiger partial charge in [-0.3, -0.25) is 5.84 Å². The normalized spacial score (nSPS) is 27.8. The van der Waals surface area contributed by atoms with E-state index in [0.29, 0.717) is 11.1 Å². The van der Waals surface area contributed by atoms with Gasteiger partial charge in [0.05, 0.1) is 11.1 Å². The Morgan fingerprint density at radius 2 is 1.33 bits per heavy atom. The first-order chi connectivity index (χ1) is 4.86. The minimum Gasteiger partial charge on any atom is -1.00 e. The van der Waals surface area contributed by atoms with Crippen molar-refractivity contribution in [3.8, 4) is 0 Å². The lowest BCUT2D eigenvalue weighted by atomic mass is 9.82. The van der Waals surface area contributed by atoms with Crippen molar-refractivity contribution < 1.29 is 29.8 Å². The maximum Gasteiger partial charge on any atom is 0.0643 e. The van der Waals surface area contributed by atoms with Crippen LogP contribution in [0, 0.1) is 0 Å². The highest BCUT2D eigenvalue weighted by atomic mass is 127. The SMILES string of the molecule is CC1(C)CCCC(C)(C)N1[NH3+].[I-]. The van der Waals surface area contributed by atoms with Crippen LogP contribution in [-0.2, 0) is 0 Å². The van der Waals surface area contributed by atoms with Crippen molar-refractivity contribution in [2.45, 2.75) is 58.0 Å². The van der Waals surface area contributed by atoms with E-state index in [1.807, 2.05) is 0 Å². The fraction of sp³-hybridized carbons (Fsp3) is 1.00. The fourth-order valence-corrected chi connectivity index (χ4v) is 2.04. The molecule has 1 fully saturated rings. The summed E-state index contributed by atoms with van der Waals surface area (Å²) in [5.74, 6) is 4.14. The molecule has 12 heavy (non-hydrogen) atoms. The maximum atomic E-state index is 4.14. The topological polar surface area (TPSA) is 30.9 Å². The highest BCUT2D eigenvalue weighted by Crippen LogP contribution is 2.33. The lowest BCUT2D eigenvalue weighted by Crippen LogP contribution is -3.00. The van der Waals surface area contributed by atoms with Gasteiger partial charge in [0, 0.05) is 0 Å². The molecule has 0 aliphatic carbocycles. The van der Waals surface area contributed by atoms with Gasteiger partial charge in [0.25, 0.3) is 0 Å². The Balaban J connectivity index is 0.00000121. The quantitative estimate of drug-likeness (QED) is 0.522. The Bertz CT molecular complexity index is 139. The molecule has 1 rings (SSSR count). The van der Waals surface area contributed by atoms with Gasteiger partial charge >= 0.3 is 0 Å². The Morgan fingerprint density at radius 3 is 1.58 bits per heavy atom. The number of nitrogens with zero attached hydrogens (tertiary/aromatic N) is 1. The second-order valence-electron chi connectivity index (χ2n) is 4.91. The van der Waals surface area contributed by atoms with Crippen molar-refractivity contribution >= 4 is 0 Å². The minimum absolute atomic E-state index is 0. The van der Waals surface area contributed by atoms with E-state index in [1.165, 1.54) is 19.3 Å². The number of rotatable bonds is 0. The van der Waals surface area contributed by atoms with Crippen molar-refractivity contribution in [2.24, 2.45) is 0 Å². The molecule has 3 N–H and O–H groups in total. The zero-order valence-corrected chi connectivity index (χ0v) is 10.8. The summed E-state index contributed by atoms with van der Waals surface area (Å²) in [5.41, 5.74) is 0.587. The molecule has 1 heterocycles. The molecule has 0 saturated carbocycles. The molecule has 0 amide bonds. The zero-order valence-electron chi connectivity index (χ0n) is 8.65. The van der Waals surface area contributed by atoms with Gasteiger partial charge < -0.3 is 24.0 Å². The molecule has 0 aromatic heterocycles. The van der Waals surface area contributed by atoms with Gasteiger partial charge in [0.1, 0.15) is 0 Å². The van der Waals surface area contributed by atoms with E-state index in [1.54, 1.807) is 0 Å². The minimum atomic E-state index is 0. The van der Waals surface area contributed by atoms with E-state index in [-0.39, 0.29) is 24.0 Å². The van der Waals surface area contributed by atoms with Crippen LogP contribution in [0.2, 0.25) is 0 Å². The third-order valence-electron chi connectivity index (χ3n) is 3.04. The predicted octanol–water partition coefficient (Wildman–Crippen LogP) is -1.81. The number of quaternary nitrogens is 1. The van der Waals surface area contributed by atoms with Crippen molar-refractivity contribution in [2.75, 3.05) is 0 Å². The summed E-state index contributed by atoms with van der Waals surface area (Å²) in [4.78, 5) is 0. The first-order valence-electron chi connectivity index (χ1n) is 4.47. The smallest absolute Gasteiger partial charge is 0.0643 e. The number of piperidine rings is 1. The number of halogens is 1. The van der Waals surface area contributed by atoms with E-state index in [2.05, 4.69) is 38.5 Å². The van der Waals surface area contributed by atoms with Crippen molar-refractivity contribution in [3.05, 3.63) is 0 Å². The molecule has 0 atom stereocenters. The Labute approximate surface area is 92.9 Å². The highest BCUT2D eigenvalue weighted by molar-refractivity contribution is 4.91. The number of hydrogen-bond donors (Lipinski definition) is 1. The summed E-state index contributed by atoms with van der Waals surface area (Å²) < 4.78 is 0. The lowest BCUT2D eigenvalue weighted by molar-refractivity contribution is -0.624. The maximum absolute atomic E-state index is 4.14. The van der Waals surface area contributed by atoms with E-state index in [4.69, 9.17) is 0 Å². The van der Waals surface area contributed by atoms with Gasteiger partial charge in [-0.1, -0.05) is 0 Å². The van der Waals surface area contributed by atoms with Crippen LogP contribution in [0.5, 0.6) is 0 Å². The van der Waals surface area contributed by atoms with Gasteiger partial charge in [-0.15, -0.1) is 5.01 Å².